The fraction of sp³-hybridized carbons (Fsp3) is 0.235. The quantitative estimate of drug-likeness (QED) is 0.301. The zero-order valence-corrected chi connectivity index (χ0v) is 15.9. The molecule has 1 heterocycles. The van der Waals surface area contributed by atoms with Crippen molar-refractivity contribution in [3.05, 3.63) is 74.8 Å². The number of nitro benzene ring substituents is 1. The van der Waals surface area contributed by atoms with Crippen LogP contribution in [0.4, 0.5) is 32.0 Å². The van der Waals surface area contributed by atoms with Crippen LogP contribution in [0.25, 0.3) is 0 Å². The molecule has 0 aromatic heterocycles. The number of benzene rings is 2. The molecule has 5 nitrogen and oxygen atoms in total. The van der Waals surface area contributed by atoms with E-state index in [2.05, 4.69) is 9.73 Å². The molecule has 2 aromatic rings. The second-order valence-electron chi connectivity index (χ2n) is 5.98. The summed E-state index contributed by atoms with van der Waals surface area (Å²) in [4.78, 5) is 13.1. The summed E-state index contributed by atoms with van der Waals surface area (Å²) in [5.41, 5.74) is -7.56. The number of nitro groups is 1. The van der Waals surface area contributed by atoms with Crippen molar-refractivity contribution in [3.8, 4) is 0 Å². The highest BCUT2D eigenvalue weighted by Crippen LogP contribution is 2.54. The van der Waals surface area contributed by atoms with Gasteiger partial charge in [0.1, 0.15) is 10.5 Å². The van der Waals surface area contributed by atoms with Gasteiger partial charge in [0, 0.05) is 22.7 Å². The van der Waals surface area contributed by atoms with Crippen LogP contribution in [0.1, 0.15) is 16.6 Å². The maximum absolute atomic E-state index is 13.7. The average Bonchev–Trinajstić information content (AvgIpc) is 2.66. The molecule has 0 bridgehead atoms. The van der Waals surface area contributed by atoms with Crippen LogP contribution in [0.5, 0.6) is 0 Å². The van der Waals surface area contributed by atoms with E-state index in [1.54, 1.807) is 0 Å². The van der Waals surface area contributed by atoms with Gasteiger partial charge in [-0.15, -0.1) is 0 Å². The van der Waals surface area contributed by atoms with Crippen LogP contribution in [0, 0.1) is 10.1 Å². The van der Waals surface area contributed by atoms with E-state index in [4.69, 9.17) is 11.6 Å². The van der Waals surface area contributed by atoms with Crippen LogP contribution < -0.4 is 0 Å². The van der Waals surface area contributed by atoms with Gasteiger partial charge in [-0.1, -0.05) is 47.6 Å². The zero-order valence-electron chi connectivity index (χ0n) is 14.4. The third-order valence-corrected chi connectivity index (χ3v) is 5.35. The van der Waals surface area contributed by atoms with Gasteiger partial charge in [-0.25, -0.2) is 4.99 Å². The zero-order chi connectivity index (χ0) is 22.3. The number of halogens is 7. The van der Waals surface area contributed by atoms with Crippen molar-refractivity contribution in [2.45, 2.75) is 23.5 Å². The average molecular weight is 471 g/mol. The van der Waals surface area contributed by atoms with Gasteiger partial charge in [0.25, 0.3) is 5.69 Å². The van der Waals surface area contributed by atoms with Crippen molar-refractivity contribution in [3.63, 3.8) is 0 Å². The van der Waals surface area contributed by atoms with Gasteiger partial charge in [0.2, 0.25) is 0 Å². The smallest absolute Gasteiger partial charge is 0.319 e. The highest BCUT2D eigenvalue weighted by molar-refractivity contribution is 8.14. The Hall–Kier alpha value is -2.31. The van der Waals surface area contributed by atoms with Crippen molar-refractivity contribution in [1.82, 2.24) is 0 Å². The van der Waals surface area contributed by atoms with Gasteiger partial charge in [0.05, 0.1) is 4.92 Å². The first-order valence-corrected chi connectivity index (χ1v) is 9.18. The minimum absolute atomic E-state index is 0.0546. The van der Waals surface area contributed by atoms with Crippen LogP contribution in [0.2, 0.25) is 5.02 Å². The molecule has 160 valence electrons. The number of alkyl halides is 6. The van der Waals surface area contributed by atoms with Crippen molar-refractivity contribution in [2.24, 2.45) is 4.99 Å². The SMILES string of the molecule is O=[N+]([O-])c1cccc(C2OC(C(F)(F)F)(C(F)(F)F)N=C(c3ccc(Cl)cc3)S2)c1. The Bertz CT molecular complexity index is 980. The number of non-ortho nitro benzene ring substituents is 1. The molecule has 30 heavy (non-hydrogen) atoms. The number of rotatable bonds is 3. The van der Waals surface area contributed by atoms with E-state index in [0.717, 1.165) is 24.3 Å². The maximum Gasteiger partial charge on any atom is 0.448 e. The Morgan fingerprint density at radius 1 is 1.07 bits per heavy atom. The molecule has 1 aliphatic rings. The van der Waals surface area contributed by atoms with Gasteiger partial charge in [0.15, 0.2) is 0 Å². The third kappa shape index (κ3) is 4.12. The maximum atomic E-state index is 13.7. The minimum atomic E-state index is -5.96. The summed E-state index contributed by atoms with van der Waals surface area (Å²) in [6, 6.07) is 9.14. The second-order valence-corrected chi connectivity index (χ2v) is 7.47. The number of hydrogen-bond donors (Lipinski definition) is 0. The van der Waals surface area contributed by atoms with Crippen LogP contribution in [0.3, 0.4) is 0 Å². The Labute approximate surface area is 173 Å². The number of ether oxygens (including phenoxy) is 1. The topological polar surface area (TPSA) is 64.7 Å². The third-order valence-electron chi connectivity index (χ3n) is 3.97. The lowest BCUT2D eigenvalue weighted by Crippen LogP contribution is -2.59. The van der Waals surface area contributed by atoms with Crippen molar-refractivity contribution >= 4 is 34.1 Å². The highest BCUT2D eigenvalue weighted by atomic mass is 35.5. The molecule has 0 saturated heterocycles. The van der Waals surface area contributed by atoms with Crippen LogP contribution >= 0.6 is 23.4 Å². The molecule has 0 saturated carbocycles. The van der Waals surface area contributed by atoms with Crippen LogP contribution in [-0.4, -0.2) is 28.0 Å². The van der Waals surface area contributed by atoms with E-state index >= 15 is 0 Å². The van der Waals surface area contributed by atoms with E-state index in [1.807, 2.05) is 0 Å². The highest BCUT2D eigenvalue weighted by Gasteiger charge is 2.75. The van der Waals surface area contributed by atoms with Crippen molar-refractivity contribution < 1.29 is 36.0 Å². The van der Waals surface area contributed by atoms with Gasteiger partial charge in [-0.3, -0.25) is 10.1 Å². The summed E-state index contributed by atoms with van der Waals surface area (Å²) in [6.07, 6.45) is -11.9. The van der Waals surface area contributed by atoms with E-state index in [9.17, 15) is 36.5 Å². The first kappa shape index (κ1) is 22.4. The summed E-state index contributed by atoms with van der Waals surface area (Å²) >= 11 is 6.19. The summed E-state index contributed by atoms with van der Waals surface area (Å²) in [5, 5.41) is 10.6. The summed E-state index contributed by atoms with van der Waals surface area (Å²) in [5.74, 6) is 0. The van der Waals surface area contributed by atoms with Gasteiger partial charge >= 0.3 is 18.1 Å². The Kier molecular flexibility index (Phi) is 5.78. The molecular formula is C17H9ClF6N2O3S. The molecule has 13 heteroatoms. The van der Waals surface area contributed by atoms with Crippen LogP contribution in [-0.2, 0) is 4.74 Å². The normalized spacial score (nSPS) is 19.3. The Morgan fingerprint density at radius 3 is 2.20 bits per heavy atom. The Balaban J connectivity index is 2.19. The lowest BCUT2D eigenvalue weighted by molar-refractivity contribution is -0.385. The summed E-state index contributed by atoms with van der Waals surface area (Å²) in [6.45, 7) is 0. The number of thioether (sulfide) groups is 1. The first-order chi connectivity index (χ1) is 13.8. The second kappa shape index (κ2) is 7.75. The molecular weight excluding hydrogens is 462 g/mol. The lowest BCUT2D eigenvalue weighted by atomic mass is 10.1. The fourth-order valence-electron chi connectivity index (χ4n) is 2.54. The predicted octanol–water partition coefficient (Wildman–Crippen LogP) is 6.28. The molecule has 1 atom stereocenters. The predicted molar refractivity (Wildman–Crippen MR) is 97.3 cm³/mol. The van der Waals surface area contributed by atoms with E-state index < -0.39 is 39.2 Å². The molecule has 2 aromatic carbocycles. The lowest BCUT2D eigenvalue weighted by Gasteiger charge is -2.39. The number of nitrogens with zero attached hydrogens (tertiary/aromatic N) is 2. The van der Waals surface area contributed by atoms with Gasteiger partial charge < -0.3 is 4.74 Å². The van der Waals surface area contributed by atoms with E-state index in [0.29, 0.717) is 11.8 Å². The summed E-state index contributed by atoms with van der Waals surface area (Å²) < 4.78 is 86.4. The molecule has 0 N–H and O–H groups in total. The van der Waals surface area contributed by atoms with Crippen molar-refractivity contribution in [2.75, 3.05) is 0 Å². The van der Waals surface area contributed by atoms with E-state index in [-0.39, 0.29) is 16.1 Å². The Morgan fingerprint density at radius 2 is 1.67 bits per heavy atom. The molecule has 0 spiro atoms. The standard InChI is InChI=1S/C17H9ClF6N2O3S/c18-11-6-4-9(5-7-11)13-25-15(16(19,20)21,17(22,23)24)29-14(30-13)10-2-1-3-12(8-10)26(27)28/h1-8,14H. The van der Waals surface area contributed by atoms with E-state index in [1.165, 1.54) is 24.3 Å². The number of hydrogen-bond acceptors (Lipinski definition) is 5. The van der Waals surface area contributed by atoms with Crippen molar-refractivity contribution in [1.29, 1.82) is 0 Å². The van der Waals surface area contributed by atoms with Gasteiger partial charge in [-0.05, 0) is 17.7 Å². The largest absolute Gasteiger partial charge is 0.448 e. The van der Waals surface area contributed by atoms with Crippen LogP contribution in [0.15, 0.2) is 53.5 Å². The minimum Gasteiger partial charge on any atom is -0.319 e. The molecule has 0 fully saturated rings. The molecule has 0 aliphatic carbocycles. The molecule has 1 aliphatic heterocycles. The fourth-order valence-corrected chi connectivity index (χ4v) is 3.80. The molecule has 1 unspecified atom stereocenters. The molecule has 0 amide bonds. The van der Waals surface area contributed by atoms with Gasteiger partial charge in [-0.2, -0.15) is 26.3 Å². The summed E-state index contributed by atoms with van der Waals surface area (Å²) in [7, 11) is 0. The first-order valence-electron chi connectivity index (χ1n) is 7.92. The monoisotopic (exact) mass is 470 g/mol. The molecule has 0 radical (unpaired) electrons. The number of aliphatic imine (C=N–C) groups is 1. The molecule has 3 rings (SSSR count).